The number of hydrogen-bond donors (Lipinski definition) is 2. The fraction of sp³-hybridized carbons (Fsp3) is 0.938. The van der Waals surface area contributed by atoms with Gasteiger partial charge in [-0.25, -0.2) is 0 Å². The Morgan fingerprint density at radius 2 is 2.20 bits per heavy atom. The van der Waals surface area contributed by atoms with Crippen molar-refractivity contribution in [3.05, 3.63) is 0 Å². The van der Waals surface area contributed by atoms with Gasteiger partial charge in [0.15, 0.2) is 0 Å². The molecule has 3 aliphatic rings. The molecule has 4 nitrogen and oxygen atoms in total. The van der Waals surface area contributed by atoms with Crippen LogP contribution in [0.4, 0.5) is 0 Å². The molecule has 114 valence electrons. The Morgan fingerprint density at radius 3 is 2.75 bits per heavy atom. The third kappa shape index (κ3) is 2.17. The van der Waals surface area contributed by atoms with Crippen LogP contribution in [0.15, 0.2) is 0 Å². The molecule has 1 heterocycles. The van der Waals surface area contributed by atoms with Crippen molar-refractivity contribution in [1.29, 1.82) is 0 Å². The zero-order valence-corrected chi connectivity index (χ0v) is 13.0. The molecule has 1 saturated heterocycles. The first-order valence-corrected chi connectivity index (χ1v) is 8.05. The van der Waals surface area contributed by atoms with Crippen LogP contribution in [-0.4, -0.2) is 37.7 Å². The molecule has 1 aliphatic heterocycles. The van der Waals surface area contributed by atoms with Gasteiger partial charge >= 0.3 is 0 Å². The van der Waals surface area contributed by atoms with Gasteiger partial charge in [0, 0.05) is 19.1 Å². The molecule has 2 saturated carbocycles. The summed E-state index contributed by atoms with van der Waals surface area (Å²) in [5.74, 6) is 0.929. The van der Waals surface area contributed by atoms with Crippen LogP contribution in [0.3, 0.4) is 0 Å². The number of fused-ring (bicyclic) bond motifs is 2. The van der Waals surface area contributed by atoms with Gasteiger partial charge in [-0.3, -0.25) is 4.79 Å². The molecule has 0 spiro atoms. The minimum atomic E-state index is 0.0446. The Hall–Kier alpha value is -0.610. The molecule has 2 N–H and O–H groups in total. The van der Waals surface area contributed by atoms with Gasteiger partial charge in [-0.1, -0.05) is 20.8 Å². The molecule has 3 rings (SSSR count). The average molecular weight is 280 g/mol. The van der Waals surface area contributed by atoms with Crippen molar-refractivity contribution in [1.82, 2.24) is 10.6 Å². The first-order valence-electron chi connectivity index (χ1n) is 8.05. The lowest BCUT2D eigenvalue weighted by molar-refractivity contribution is -0.126. The molecule has 20 heavy (non-hydrogen) atoms. The zero-order valence-electron chi connectivity index (χ0n) is 13.0. The number of carbonyl (C=O) groups excluding carboxylic acids is 1. The van der Waals surface area contributed by atoms with Crippen molar-refractivity contribution in [3.63, 3.8) is 0 Å². The van der Waals surface area contributed by atoms with Crippen molar-refractivity contribution in [2.75, 3.05) is 19.7 Å². The summed E-state index contributed by atoms with van der Waals surface area (Å²) in [6.07, 6.45) is 4.26. The lowest BCUT2D eigenvalue weighted by atomic mass is 9.69. The van der Waals surface area contributed by atoms with E-state index in [2.05, 4.69) is 31.4 Å². The second kappa shape index (κ2) is 4.99. The Bertz CT molecular complexity index is 390. The summed E-state index contributed by atoms with van der Waals surface area (Å²) >= 11 is 0. The van der Waals surface area contributed by atoms with Crippen LogP contribution in [0.25, 0.3) is 0 Å². The number of rotatable bonds is 3. The summed E-state index contributed by atoms with van der Waals surface area (Å²) in [6.45, 7) is 9.53. The van der Waals surface area contributed by atoms with Gasteiger partial charge in [0.1, 0.15) is 0 Å². The standard InChI is InChI=1S/C16H28N2O2/c1-15(2)11-4-5-16(15,3)13(8-11)18-14(19)9-12-10-17-6-7-20-12/h11-13,17H,4-10H2,1-3H3,(H,18,19). The molecule has 3 fully saturated rings. The van der Waals surface area contributed by atoms with Crippen LogP contribution in [0.2, 0.25) is 0 Å². The topological polar surface area (TPSA) is 50.4 Å². The van der Waals surface area contributed by atoms with Crippen LogP contribution in [-0.2, 0) is 9.53 Å². The summed E-state index contributed by atoms with van der Waals surface area (Å²) in [6, 6.07) is 0.347. The Labute approximate surface area is 122 Å². The Morgan fingerprint density at radius 1 is 1.40 bits per heavy atom. The lowest BCUT2D eigenvalue weighted by Gasteiger charge is -2.39. The van der Waals surface area contributed by atoms with Gasteiger partial charge in [-0.15, -0.1) is 0 Å². The number of nitrogens with one attached hydrogen (secondary N) is 2. The normalized spacial score (nSPS) is 42.6. The fourth-order valence-corrected chi connectivity index (χ4v) is 4.63. The molecule has 0 aromatic rings. The van der Waals surface area contributed by atoms with Crippen LogP contribution in [0.1, 0.15) is 46.5 Å². The van der Waals surface area contributed by atoms with Gasteiger partial charge in [-0.05, 0) is 36.0 Å². The van der Waals surface area contributed by atoms with Crippen LogP contribution in [0, 0.1) is 16.7 Å². The third-order valence-electron chi connectivity index (χ3n) is 6.55. The Kier molecular flexibility index (Phi) is 3.57. The van der Waals surface area contributed by atoms with Crippen LogP contribution >= 0.6 is 0 Å². The minimum absolute atomic E-state index is 0.0446. The number of hydrogen-bond acceptors (Lipinski definition) is 3. The first-order chi connectivity index (χ1) is 9.43. The van der Waals surface area contributed by atoms with E-state index in [-0.39, 0.29) is 17.4 Å². The number of carbonyl (C=O) groups is 1. The van der Waals surface area contributed by atoms with Gasteiger partial charge in [0.25, 0.3) is 0 Å². The molecule has 0 radical (unpaired) electrons. The van der Waals surface area contributed by atoms with Crippen LogP contribution < -0.4 is 10.6 Å². The zero-order chi connectivity index (χ0) is 14.4. The Balaban J connectivity index is 1.57. The summed E-state index contributed by atoms with van der Waals surface area (Å²) < 4.78 is 5.62. The molecule has 2 aliphatic carbocycles. The lowest BCUT2D eigenvalue weighted by Crippen LogP contribution is -2.48. The predicted molar refractivity (Wildman–Crippen MR) is 78.4 cm³/mol. The van der Waals surface area contributed by atoms with E-state index >= 15 is 0 Å². The average Bonchev–Trinajstić information content (AvgIpc) is 2.73. The van der Waals surface area contributed by atoms with E-state index in [1.807, 2.05) is 0 Å². The largest absolute Gasteiger partial charge is 0.375 e. The molecular weight excluding hydrogens is 252 g/mol. The molecule has 0 aromatic carbocycles. The van der Waals surface area contributed by atoms with E-state index in [0.29, 0.717) is 24.5 Å². The van der Waals surface area contributed by atoms with E-state index < -0.39 is 0 Å². The number of ether oxygens (including phenoxy) is 1. The summed E-state index contributed by atoms with van der Waals surface area (Å²) in [4.78, 5) is 12.3. The van der Waals surface area contributed by atoms with E-state index in [9.17, 15) is 4.79 Å². The van der Waals surface area contributed by atoms with Crippen molar-refractivity contribution in [3.8, 4) is 0 Å². The van der Waals surface area contributed by atoms with Crippen molar-refractivity contribution in [2.45, 2.75) is 58.6 Å². The van der Waals surface area contributed by atoms with Crippen LogP contribution in [0.5, 0.6) is 0 Å². The maximum atomic E-state index is 12.3. The maximum Gasteiger partial charge on any atom is 0.222 e. The van der Waals surface area contributed by atoms with E-state index in [1.165, 1.54) is 12.8 Å². The first kappa shape index (κ1) is 14.3. The van der Waals surface area contributed by atoms with Crippen molar-refractivity contribution >= 4 is 5.91 Å². The van der Waals surface area contributed by atoms with Crippen molar-refractivity contribution < 1.29 is 9.53 Å². The molecule has 4 atom stereocenters. The highest BCUT2D eigenvalue weighted by molar-refractivity contribution is 5.77. The summed E-state index contributed by atoms with van der Waals surface area (Å²) in [5, 5.41) is 6.58. The second-order valence-corrected chi connectivity index (χ2v) is 7.63. The molecule has 4 unspecified atom stereocenters. The SMILES string of the molecule is CC1(C)C2CCC1(C)C(NC(=O)CC1CNCCO1)C2. The van der Waals surface area contributed by atoms with Crippen molar-refractivity contribution in [2.24, 2.45) is 16.7 Å². The van der Waals surface area contributed by atoms with Gasteiger partial charge in [0.05, 0.1) is 19.1 Å². The predicted octanol–water partition coefficient (Wildman–Crippen LogP) is 1.70. The molecule has 4 heteroatoms. The smallest absolute Gasteiger partial charge is 0.222 e. The van der Waals surface area contributed by atoms with E-state index in [4.69, 9.17) is 4.74 Å². The monoisotopic (exact) mass is 280 g/mol. The van der Waals surface area contributed by atoms with E-state index in [1.54, 1.807) is 0 Å². The van der Waals surface area contributed by atoms with Gasteiger partial charge in [0.2, 0.25) is 5.91 Å². The highest BCUT2D eigenvalue weighted by Crippen LogP contribution is 2.65. The second-order valence-electron chi connectivity index (χ2n) is 7.63. The minimum Gasteiger partial charge on any atom is -0.375 e. The summed E-state index contributed by atoms with van der Waals surface area (Å²) in [5.41, 5.74) is 0.618. The van der Waals surface area contributed by atoms with E-state index in [0.717, 1.165) is 25.4 Å². The number of morpholine rings is 1. The third-order valence-corrected chi connectivity index (χ3v) is 6.55. The van der Waals surface area contributed by atoms with Gasteiger partial charge in [-0.2, -0.15) is 0 Å². The maximum absolute atomic E-state index is 12.3. The fourth-order valence-electron chi connectivity index (χ4n) is 4.63. The molecule has 2 bridgehead atoms. The quantitative estimate of drug-likeness (QED) is 0.827. The molecular formula is C16H28N2O2. The van der Waals surface area contributed by atoms with Gasteiger partial charge < -0.3 is 15.4 Å². The molecule has 0 aromatic heterocycles. The number of amides is 1. The highest BCUT2D eigenvalue weighted by Gasteiger charge is 2.61. The highest BCUT2D eigenvalue weighted by atomic mass is 16.5. The summed E-state index contributed by atoms with van der Waals surface area (Å²) in [7, 11) is 0. The molecule has 1 amide bonds.